The molecule has 1 aliphatic carbocycles. The summed E-state index contributed by atoms with van der Waals surface area (Å²) in [6.07, 6.45) is 4.38. The lowest BCUT2D eigenvalue weighted by molar-refractivity contribution is -0.122. The highest BCUT2D eigenvalue weighted by Gasteiger charge is 2.28. The number of rotatable bonds is 4. The summed E-state index contributed by atoms with van der Waals surface area (Å²) in [4.78, 5) is 35.9. The van der Waals surface area contributed by atoms with Gasteiger partial charge < -0.3 is 10.8 Å². The number of H-pyrrole nitrogens is 1. The highest BCUT2D eigenvalue weighted by Crippen LogP contribution is 2.33. The highest BCUT2D eigenvalue weighted by molar-refractivity contribution is 5.76. The minimum Gasteiger partial charge on any atom is -0.386 e. The second-order valence-electron chi connectivity index (χ2n) is 8.27. The van der Waals surface area contributed by atoms with Gasteiger partial charge in [0, 0.05) is 17.5 Å². The number of fused-ring (bicyclic) bond motifs is 1. The number of hydrogen-bond acceptors (Lipinski definition) is 5. The van der Waals surface area contributed by atoms with E-state index in [4.69, 9.17) is 10.7 Å². The number of hydrogen-bond donors (Lipinski definition) is 3. The molecule has 8 nitrogen and oxygen atoms in total. The van der Waals surface area contributed by atoms with Gasteiger partial charge in [-0.3, -0.25) is 14.3 Å². The molecule has 2 heterocycles. The summed E-state index contributed by atoms with van der Waals surface area (Å²) >= 11 is 0. The molecule has 4 rings (SSSR count). The van der Waals surface area contributed by atoms with Crippen LogP contribution < -0.4 is 11.4 Å². The van der Waals surface area contributed by atoms with E-state index in [-0.39, 0.29) is 23.6 Å². The number of nitrogens with zero attached hydrogens (tertiary/aromatic N) is 3. The van der Waals surface area contributed by atoms with Gasteiger partial charge in [-0.15, -0.1) is 0 Å². The third-order valence-electron chi connectivity index (χ3n) is 5.78. The first-order chi connectivity index (χ1) is 13.7. The van der Waals surface area contributed by atoms with Crippen LogP contribution in [0.2, 0.25) is 0 Å². The molecule has 8 heteroatoms. The van der Waals surface area contributed by atoms with E-state index in [1.54, 1.807) is 24.6 Å². The minimum absolute atomic E-state index is 0.0334. The molecule has 152 valence electrons. The largest absolute Gasteiger partial charge is 0.386 e. The smallest absolute Gasteiger partial charge is 0.329 e. The zero-order valence-electron chi connectivity index (χ0n) is 16.6. The second-order valence-corrected chi connectivity index (χ2v) is 8.27. The Hall–Kier alpha value is -3.00. The topological polar surface area (TPSA) is 127 Å². The molecule has 1 amide bonds. The van der Waals surface area contributed by atoms with E-state index < -0.39 is 5.60 Å². The van der Waals surface area contributed by atoms with Gasteiger partial charge in [0.25, 0.3) is 0 Å². The van der Waals surface area contributed by atoms with E-state index in [0.29, 0.717) is 42.7 Å². The van der Waals surface area contributed by atoms with Gasteiger partial charge in [0.15, 0.2) is 11.3 Å². The molecule has 1 aromatic carbocycles. The van der Waals surface area contributed by atoms with Crippen molar-refractivity contribution in [3.05, 3.63) is 46.5 Å². The Morgan fingerprint density at radius 2 is 1.86 bits per heavy atom. The van der Waals surface area contributed by atoms with Crippen molar-refractivity contribution >= 4 is 17.2 Å². The Kier molecular flexibility index (Phi) is 4.74. The Bertz CT molecular complexity index is 1100. The third-order valence-corrected chi connectivity index (χ3v) is 5.78. The van der Waals surface area contributed by atoms with Crippen molar-refractivity contribution in [2.75, 3.05) is 0 Å². The first-order valence-corrected chi connectivity index (χ1v) is 9.84. The highest BCUT2D eigenvalue weighted by atomic mass is 16.3. The average Bonchev–Trinajstić information content (AvgIpc) is 3.02. The molecule has 1 aliphatic rings. The van der Waals surface area contributed by atoms with Crippen molar-refractivity contribution in [1.29, 1.82) is 0 Å². The Morgan fingerprint density at radius 3 is 2.45 bits per heavy atom. The van der Waals surface area contributed by atoms with Gasteiger partial charge in [0.2, 0.25) is 5.91 Å². The van der Waals surface area contributed by atoms with Crippen LogP contribution in [-0.2, 0) is 10.4 Å². The van der Waals surface area contributed by atoms with Gasteiger partial charge in [-0.2, -0.15) is 0 Å². The number of benzene rings is 1. The first-order valence-electron chi connectivity index (χ1n) is 9.84. The van der Waals surface area contributed by atoms with Gasteiger partial charge in [0.05, 0.1) is 17.5 Å². The van der Waals surface area contributed by atoms with Crippen LogP contribution in [0.25, 0.3) is 22.6 Å². The fraction of sp³-hybridized carbons (Fsp3) is 0.429. The van der Waals surface area contributed by atoms with Gasteiger partial charge in [-0.05, 0) is 45.1 Å². The van der Waals surface area contributed by atoms with Crippen LogP contribution in [0, 0.1) is 5.92 Å². The number of primary amides is 1. The summed E-state index contributed by atoms with van der Waals surface area (Å²) in [5, 5.41) is 10.1. The number of carbonyl (C=O) groups is 1. The molecule has 29 heavy (non-hydrogen) atoms. The molecule has 0 saturated heterocycles. The molecule has 4 N–H and O–H groups in total. The van der Waals surface area contributed by atoms with Crippen molar-refractivity contribution < 1.29 is 9.90 Å². The van der Waals surface area contributed by atoms with Crippen LogP contribution in [0.15, 0.2) is 35.3 Å². The lowest BCUT2D eigenvalue weighted by Gasteiger charge is -2.27. The van der Waals surface area contributed by atoms with E-state index in [9.17, 15) is 14.7 Å². The lowest BCUT2D eigenvalue weighted by atomic mass is 9.85. The van der Waals surface area contributed by atoms with Crippen molar-refractivity contribution in [3.63, 3.8) is 0 Å². The Balaban J connectivity index is 1.68. The van der Waals surface area contributed by atoms with Crippen molar-refractivity contribution in [1.82, 2.24) is 19.5 Å². The maximum absolute atomic E-state index is 12.6. The Labute approximate surface area is 167 Å². The van der Waals surface area contributed by atoms with Crippen molar-refractivity contribution in [2.45, 2.75) is 51.2 Å². The Morgan fingerprint density at radius 1 is 1.21 bits per heavy atom. The van der Waals surface area contributed by atoms with E-state index in [1.807, 2.05) is 24.3 Å². The number of imidazole rings is 1. The third kappa shape index (κ3) is 3.67. The number of aromatic nitrogens is 4. The quantitative estimate of drug-likeness (QED) is 0.624. The molecule has 0 atom stereocenters. The zero-order valence-corrected chi connectivity index (χ0v) is 16.6. The summed E-state index contributed by atoms with van der Waals surface area (Å²) in [5.41, 5.74) is 7.54. The van der Waals surface area contributed by atoms with Crippen LogP contribution in [-0.4, -0.2) is 30.5 Å². The van der Waals surface area contributed by atoms with E-state index >= 15 is 0 Å². The molecule has 0 bridgehead atoms. The lowest BCUT2D eigenvalue weighted by Crippen LogP contribution is -2.31. The molecule has 1 fully saturated rings. The molecular weight excluding hydrogens is 370 g/mol. The monoisotopic (exact) mass is 395 g/mol. The maximum Gasteiger partial charge on any atom is 0.329 e. The summed E-state index contributed by atoms with van der Waals surface area (Å²) in [5.74, 6) is -0.394. The first kappa shape index (κ1) is 19.3. The van der Waals surface area contributed by atoms with Gasteiger partial charge >= 0.3 is 5.69 Å². The van der Waals surface area contributed by atoms with Gasteiger partial charge in [0.1, 0.15) is 0 Å². The van der Waals surface area contributed by atoms with Crippen LogP contribution in [0.4, 0.5) is 0 Å². The van der Waals surface area contributed by atoms with Gasteiger partial charge in [-0.1, -0.05) is 24.3 Å². The number of aromatic amines is 1. The molecule has 1 saturated carbocycles. The SMILES string of the molecule is CC(C)(O)c1ccc(-c2cnc3[nH]c(=O)n([C@H]4CC[C@H](C(N)=O)CC4)c3n2)cc1. The predicted octanol–water partition coefficient (Wildman–Crippen LogP) is 2.23. The average molecular weight is 395 g/mol. The molecule has 2 aromatic heterocycles. The minimum atomic E-state index is -0.918. The second kappa shape index (κ2) is 7.11. The van der Waals surface area contributed by atoms with E-state index in [2.05, 4.69) is 9.97 Å². The van der Waals surface area contributed by atoms with Crippen LogP contribution in [0.3, 0.4) is 0 Å². The molecule has 0 unspecified atom stereocenters. The van der Waals surface area contributed by atoms with E-state index in [0.717, 1.165) is 11.1 Å². The van der Waals surface area contributed by atoms with Crippen LogP contribution in [0.1, 0.15) is 51.1 Å². The van der Waals surface area contributed by atoms with Gasteiger partial charge in [-0.25, -0.2) is 14.8 Å². The van der Waals surface area contributed by atoms with E-state index in [1.165, 1.54) is 0 Å². The van der Waals surface area contributed by atoms with Crippen molar-refractivity contribution in [2.24, 2.45) is 11.7 Å². The number of aliphatic hydroxyl groups is 1. The standard InChI is InChI=1S/C21H25N5O3/c1-21(2,29)14-7-3-12(4-8-14)16-11-23-18-19(24-16)26(20(28)25-18)15-9-5-13(6-10-15)17(22)27/h3-4,7-8,11,13,15,29H,5-6,9-10H2,1-2H3,(H2,22,27)(H,23,25,28)/t13-,15-. The summed E-state index contributed by atoms with van der Waals surface area (Å²) < 4.78 is 1.66. The number of carbonyl (C=O) groups excluding carboxylic acids is 1. The van der Waals surface area contributed by atoms with Crippen LogP contribution >= 0.6 is 0 Å². The fourth-order valence-electron chi connectivity index (χ4n) is 4.04. The van der Waals surface area contributed by atoms with Crippen LogP contribution in [0.5, 0.6) is 0 Å². The summed E-state index contributed by atoms with van der Waals surface area (Å²) in [6.45, 7) is 3.47. The summed E-state index contributed by atoms with van der Waals surface area (Å²) in [7, 11) is 0. The number of nitrogens with two attached hydrogens (primary N) is 1. The molecule has 0 radical (unpaired) electrons. The molecule has 3 aromatic rings. The molecule has 0 spiro atoms. The normalized spacial score (nSPS) is 20.1. The summed E-state index contributed by atoms with van der Waals surface area (Å²) in [6, 6.07) is 7.45. The fourth-order valence-corrected chi connectivity index (χ4v) is 4.04. The number of amides is 1. The predicted molar refractivity (Wildman–Crippen MR) is 109 cm³/mol. The molecule has 0 aliphatic heterocycles. The van der Waals surface area contributed by atoms with Crippen molar-refractivity contribution in [3.8, 4) is 11.3 Å². The molecular formula is C21H25N5O3. The maximum atomic E-state index is 12.6. The number of nitrogens with one attached hydrogen (secondary N) is 1. The zero-order chi connectivity index (χ0) is 20.8.